The molecule has 0 saturated carbocycles. The number of methoxy groups -OCH3 is 1. The highest BCUT2D eigenvalue weighted by Gasteiger charge is 2.08. The Balaban J connectivity index is 1.81. The van der Waals surface area contributed by atoms with Crippen molar-refractivity contribution in [2.75, 3.05) is 13.7 Å². The van der Waals surface area contributed by atoms with E-state index in [1.165, 1.54) is 5.56 Å². The average Bonchev–Trinajstić information content (AvgIpc) is 2.54. The Morgan fingerprint density at radius 2 is 1.76 bits per heavy atom. The maximum absolute atomic E-state index is 12.0. The fourth-order valence-corrected chi connectivity index (χ4v) is 2.16. The molecule has 0 unspecified atom stereocenters. The van der Waals surface area contributed by atoms with Crippen molar-refractivity contribution in [1.82, 2.24) is 5.32 Å². The van der Waals surface area contributed by atoms with E-state index in [0.29, 0.717) is 18.9 Å². The standard InChI is InChI=1S/C18H21NO2/c1-14(16-6-4-3-5-7-16)13-19-18(20)12-15-8-10-17(21-2)11-9-15/h3-11,14H,12-13H2,1-2H3,(H,19,20)/t14-/m0/s1. The molecule has 110 valence electrons. The molecule has 0 aromatic heterocycles. The minimum absolute atomic E-state index is 0.0444. The van der Waals surface area contributed by atoms with E-state index < -0.39 is 0 Å². The molecule has 2 aromatic rings. The molecule has 0 spiro atoms. The second-order valence-electron chi connectivity index (χ2n) is 5.14. The van der Waals surface area contributed by atoms with Crippen molar-refractivity contribution in [3.8, 4) is 5.75 Å². The van der Waals surface area contributed by atoms with Crippen LogP contribution in [0, 0.1) is 0 Å². The Kier molecular flexibility index (Phi) is 5.38. The van der Waals surface area contributed by atoms with Crippen molar-refractivity contribution in [1.29, 1.82) is 0 Å². The highest BCUT2D eigenvalue weighted by Crippen LogP contribution is 2.14. The summed E-state index contributed by atoms with van der Waals surface area (Å²) in [4.78, 5) is 12.0. The van der Waals surface area contributed by atoms with Crippen LogP contribution < -0.4 is 10.1 Å². The van der Waals surface area contributed by atoms with E-state index >= 15 is 0 Å². The molecule has 0 aliphatic rings. The summed E-state index contributed by atoms with van der Waals surface area (Å²) in [5.41, 5.74) is 2.22. The smallest absolute Gasteiger partial charge is 0.224 e. The van der Waals surface area contributed by atoms with Gasteiger partial charge in [0, 0.05) is 6.54 Å². The third-order valence-corrected chi connectivity index (χ3v) is 3.50. The monoisotopic (exact) mass is 283 g/mol. The second-order valence-corrected chi connectivity index (χ2v) is 5.14. The largest absolute Gasteiger partial charge is 0.497 e. The zero-order valence-electron chi connectivity index (χ0n) is 12.5. The zero-order valence-corrected chi connectivity index (χ0v) is 12.5. The molecule has 1 atom stereocenters. The van der Waals surface area contributed by atoms with Gasteiger partial charge in [0.25, 0.3) is 0 Å². The van der Waals surface area contributed by atoms with Crippen molar-refractivity contribution in [3.63, 3.8) is 0 Å². The van der Waals surface area contributed by atoms with Gasteiger partial charge in [0.1, 0.15) is 5.75 Å². The molecular formula is C18H21NO2. The molecule has 1 N–H and O–H groups in total. The van der Waals surface area contributed by atoms with E-state index in [4.69, 9.17) is 4.74 Å². The van der Waals surface area contributed by atoms with Crippen LogP contribution in [0.5, 0.6) is 5.75 Å². The fraction of sp³-hybridized carbons (Fsp3) is 0.278. The maximum Gasteiger partial charge on any atom is 0.224 e. The molecule has 0 saturated heterocycles. The topological polar surface area (TPSA) is 38.3 Å². The lowest BCUT2D eigenvalue weighted by atomic mass is 10.0. The quantitative estimate of drug-likeness (QED) is 0.884. The van der Waals surface area contributed by atoms with Crippen LogP contribution in [0.25, 0.3) is 0 Å². The van der Waals surface area contributed by atoms with Crippen molar-refractivity contribution in [2.24, 2.45) is 0 Å². The van der Waals surface area contributed by atoms with Gasteiger partial charge >= 0.3 is 0 Å². The van der Waals surface area contributed by atoms with Gasteiger partial charge < -0.3 is 10.1 Å². The van der Waals surface area contributed by atoms with E-state index in [1.54, 1.807) is 7.11 Å². The predicted molar refractivity (Wildman–Crippen MR) is 84.6 cm³/mol. The van der Waals surface area contributed by atoms with Crippen molar-refractivity contribution in [3.05, 3.63) is 65.7 Å². The van der Waals surface area contributed by atoms with Crippen LogP contribution in [0.4, 0.5) is 0 Å². The highest BCUT2D eigenvalue weighted by atomic mass is 16.5. The first-order chi connectivity index (χ1) is 10.2. The van der Waals surface area contributed by atoms with Crippen LogP contribution in [-0.2, 0) is 11.2 Å². The minimum atomic E-state index is 0.0444. The molecule has 0 heterocycles. The number of ether oxygens (including phenoxy) is 1. The number of benzene rings is 2. The highest BCUT2D eigenvalue weighted by molar-refractivity contribution is 5.78. The summed E-state index contributed by atoms with van der Waals surface area (Å²) in [5.74, 6) is 1.16. The normalized spacial score (nSPS) is 11.7. The van der Waals surface area contributed by atoms with Crippen molar-refractivity contribution in [2.45, 2.75) is 19.3 Å². The number of nitrogens with one attached hydrogen (secondary N) is 1. The molecule has 3 nitrogen and oxygen atoms in total. The summed E-state index contributed by atoms with van der Waals surface area (Å²) in [6.07, 6.45) is 0.394. The summed E-state index contributed by atoms with van der Waals surface area (Å²) in [5, 5.41) is 2.99. The molecule has 0 aliphatic heterocycles. The van der Waals surface area contributed by atoms with Gasteiger partial charge in [0.15, 0.2) is 0 Å². The van der Waals surface area contributed by atoms with Gasteiger partial charge in [-0.1, -0.05) is 49.4 Å². The van der Waals surface area contributed by atoms with Gasteiger partial charge in [0.05, 0.1) is 13.5 Å². The molecule has 3 heteroatoms. The summed E-state index contributed by atoms with van der Waals surface area (Å²) in [6.45, 7) is 2.77. The molecule has 1 amide bonds. The average molecular weight is 283 g/mol. The lowest BCUT2D eigenvalue weighted by Gasteiger charge is -2.13. The van der Waals surface area contributed by atoms with E-state index in [0.717, 1.165) is 11.3 Å². The summed E-state index contributed by atoms with van der Waals surface area (Å²) >= 11 is 0. The first-order valence-corrected chi connectivity index (χ1v) is 7.13. The van der Waals surface area contributed by atoms with Gasteiger partial charge in [-0.25, -0.2) is 0 Å². The lowest BCUT2D eigenvalue weighted by molar-refractivity contribution is -0.120. The molecule has 0 fully saturated rings. The maximum atomic E-state index is 12.0. The number of carbonyl (C=O) groups excluding carboxylic acids is 1. The lowest BCUT2D eigenvalue weighted by Crippen LogP contribution is -2.28. The third-order valence-electron chi connectivity index (χ3n) is 3.50. The Bertz CT molecular complexity index is 564. The fourth-order valence-electron chi connectivity index (χ4n) is 2.16. The molecule has 2 rings (SSSR count). The minimum Gasteiger partial charge on any atom is -0.497 e. The molecule has 0 bridgehead atoms. The third kappa shape index (κ3) is 4.63. The Labute approximate surface area is 126 Å². The van der Waals surface area contributed by atoms with E-state index in [9.17, 15) is 4.79 Å². The predicted octanol–water partition coefficient (Wildman–Crippen LogP) is 3.16. The van der Waals surface area contributed by atoms with Gasteiger partial charge in [-0.3, -0.25) is 4.79 Å². The van der Waals surface area contributed by atoms with Crippen LogP contribution in [0.15, 0.2) is 54.6 Å². The van der Waals surface area contributed by atoms with Gasteiger partial charge in [0.2, 0.25) is 5.91 Å². The van der Waals surface area contributed by atoms with E-state index in [1.807, 2.05) is 42.5 Å². The molecular weight excluding hydrogens is 262 g/mol. The number of carbonyl (C=O) groups is 1. The van der Waals surface area contributed by atoms with Crippen LogP contribution in [0.3, 0.4) is 0 Å². The molecule has 2 aromatic carbocycles. The molecule has 0 radical (unpaired) electrons. The summed E-state index contributed by atoms with van der Waals surface area (Å²) in [6, 6.07) is 17.8. The number of amides is 1. The second kappa shape index (κ2) is 7.48. The van der Waals surface area contributed by atoms with Gasteiger partial charge in [-0.15, -0.1) is 0 Å². The van der Waals surface area contributed by atoms with Crippen LogP contribution in [0.2, 0.25) is 0 Å². The SMILES string of the molecule is COc1ccc(CC(=O)NC[C@H](C)c2ccccc2)cc1. The first kappa shape index (κ1) is 15.1. The first-order valence-electron chi connectivity index (χ1n) is 7.13. The van der Waals surface area contributed by atoms with E-state index in [2.05, 4.69) is 24.4 Å². The number of rotatable bonds is 6. The van der Waals surface area contributed by atoms with Crippen LogP contribution >= 0.6 is 0 Å². The van der Waals surface area contributed by atoms with Crippen molar-refractivity contribution < 1.29 is 9.53 Å². The number of hydrogen-bond acceptors (Lipinski definition) is 2. The van der Waals surface area contributed by atoms with E-state index in [-0.39, 0.29) is 5.91 Å². The summed E-state index contributed by atoms with van der Waals surface area (Å²) in [7, 11) is 1.63. The van der Waals surface area contributed by atoms with Gasteiger partial charge in [-0.2, -0.15) is 0 Å². The molecule has 0 aliphatic carbocycles. The van der Waals surface area contributed by atoms with Crippen LogP contribution in [-0.4, -0.2) is 19.6 Å². The number of hydrogen-bond donors (Lipinski definition) is 1. The summed E-state index contributed by atoms with van der Waals surface area (Å²) < 4.78 is 5.10. The van der Waals surface area contributed by atoms with Crippen molar-refractivity contribution >= 4 is 5.91 Å². The molecule has 21 heavy (non-hydrogen) atoms. The van der Waals surface area contributed by atoms with Gasteiger partial charge in [-0.05, 0) is 29.2 Å². The zero-order chi connectivity index (χ0) is 15.1. The Hall–Kier alpha value is -2.29. The van der Waals surface area contributed by atoms with Crippen LogP contribution in [0.1, 0.15) is 24.0 Å². The Morgan fingerprint density at radius 1 is 1.10 bits per heavy atom. The Morgan fingerprint density at radius 3 is 2.38 bits per heavy atom.